The summed E-state index contributed by atoms with van der Waals surface area (Å²) in [5.41, 5.74) is 1.63. The molecule has 10 nitrogen and oxygen atoms in total. The van der Waals surface area contributed by atoms with E-state index in [2.05, 4.69) is 29.9 Å². The van der Waals surface area contributed by atoms with E-state index in [9.17, 15) is 9.59 Å². The Labute approximate surface area is 201 Å². The van der Waals surface area contributed by atoms with Crippen molar-refractivity contribution in [3.63, 3.8) is 0 Å². The van der Waals surface area contributed by atoms with Crippen molar-refractivity contribution < 1.29 is 14.3 Å². The van der Waals surface area contributed by atoms with E-state index in [0.29, 0.717) is 34.5 Å². The van der Waals surface area contributed by atoms with Crippen LogP contribution in [0.5, 0.6) is 11.5 Å². The number of nitrogens with zero attached hydrogens (tertiary/aromatic N) is 5. The van der Waals surface area contributed by atoms with E-state index >= 15 is 0 Å². The Morgan fingerprint density at radius 2 is 1.83 bits per heavy atom. The summed E-state index contributed by atoms with van der Waals surface area (Å²) in [4.78, 5) is 39.9. The van der Waals surface area contributed by atoms with Crippen LogP contribution in [0.2, 0.25) is 0 Å². The molecule has 1 saturated heterocycles. The van der Waals surface area contributed by atoms with Crippen LogP contribution in [-0.2, 0) is 11.8 Å². The van der Waals surface area contributed by atoms with Gasteiger partial charge in [-0.3, -0.25) is 14.7 Å². The lowest BCUT2D eigenvalue weighted by molar-refractivity contribution is 0.187. The van der Waals surface area contributed by atoms with Gasteiger partial charge >= 0.3 is 6.09 Å². The second kappa shape index (κ2) is 9.41. The molecule has 3 aromatic heterocycles. The summed E-state index contributed by atoms with van der Waals surface area (Å²) in [6.07, 6.45) is 4.76. The number of methoxy groups -OCH3 is 1. The second-order valence-electron chi connectivity index (χ2n) is 8.18. The number of rotatable bonds is 5. The lowest BCUT2D eigenvalue weighted by Crippen LogP contribution is -2.30. The molecule has 1 aliphatic heterocycles. The Hall–Kier alpha value is -4.47. The summed E-state index contributed by atoms with van der Waals surface area (Å²) in [7, 11) is 3.03. The number of carbonyl (C=O) groups excluding carboxylic acids is 1. The van der Waals surface area contributed by atoms with Gasteiger partial charge in [0.2, 0.25) is 5.95 Å². The van der Waals surface area contributed by atoms with Crippen molar-refractivity contribution in [1.82, 2.24) is 19.5 Å². The molecule has 1 amide bonds. The Balaban J connectivity index is 1.39. The van der Waals surface area contributed by atoms with Gasteiger partial charge in [-0.1, -0.05) is 6.07 Å². The van der Waals surface area contributed by atoms with Crippen molar-refractivity contribution >= 4 is 28.8 Å². The zero-order valence-electron chi connectivity index (χ0n) is 19.4. The Morgan fingerprint density at radius 3 is 2.63 bits per heavy atom. The molecule has 0 unspecified atom stereocenters. The van der Waals surface area contributed by atoms with Crippen LogP contribution >= 0.6 is 0 Å². The second-order valence-corrected chi connectivity index (χ2v) is 8.18. The SMILES string of the molecule is COC(=O)Nc1cc(Oc2ccc3nc(-c4cnc(N5CCCC5)n(C)c4=O)ccc3c2)ccn1. The van der Waals surface area contributed by atoms with Gasteiger partial charge in [0, 0.05) is 44.0 Å². The van der Waals surface area contributed by atoms with Crippen molar-refractivity contribution in [2.45, 2.75) is 12.8 Å². The van der Waals surface area contributed by atoms with E-state index in [4.69, 9.17) is 4.74 Å². The molecular weight excluding hydrogens is 448 g/mol. The number of pyridine rings is 2. The first-order valence-corrected chi connectivity index (χ1v) is 11.2. The summed E-state index contributed by atoms with van der Waals surface area (Å²) < 4.78 is 12.1. The molecule has 10 heteroatoms. The largest absolute Gasteiger partial charge is 0.457 e. The van der Waals surface area contributed by atoms with Gasteiger partial charge in [0.05, 0.1) is 23.9 Å². The highest BCUT2D eigenvalue weighted by atomic mass is 16.5. The fraction of sp³-hybridized carbons (Fsp3) is 0.240. The van der Waals surface area contributed by atoms with E-state index in [1.54, 1.807) is 36.0 Å². The molecule has 35 heavy (non-hydrogen) atoms. The monoisotopic (exact) mass is 472 g/mol. The highest BCUT2D eigenvalue weighted by molar-refractivity contribution is 5.84. The van der Waals surface area contributed by atoms with E-state index in [1.165, 1.54) is 13.3 Å². The molecule has 0 aliphatic carbocycles. The summed E-state index contributed by atoms with van der Waals surface area (Å²) in [6, 6.07) is 12.5. The average Bonchev–Trinajstić information content (AvgIpc) is 3.40. The first-order valence-electron chi connectivity index (χ1n) is 11.2. The Bertz CT molecular complexity index is 1460. The number of nitrogens with one attached hydrogen (secondary N) is 1. The van der Waals surface area contributed by atoms with Gasteiger partial charge in [0.25, 0.3) is 5.56 Å². The zero-order chi connectivity index (χ0) is 24.4. The normalized spacial score (nSPS) is 13.1. The maximum absolute atomic E-state index is 13.1. The minimum absolute atomic E-state index is 0.122. The molecule has 0 saturated carbocycles. The quantitative estimate of drug-likeness (QED) is 0.465. The number of benzene rings is 1. The molecule has 0 bridgehead atoms. The predicted octanol–water partition coefficient (Wildman–Crippen LogP) is 3.96. The fourth-order valence-electron chi connectivity index (χ4n) is 4.07. The van der Waals surface area contributed by atoms with Crippen LogP contribution in [0, 0.1) is 0 Å². The molecule has 1 N–H and O–H groups in total. The minimum atomic E-state index is -0.613. The third-order valence-electron chi connectivity index (χ3n) is 5.85. The van der Waals surface area contributed by atoms with E-state index in [1.807, 2.05) is 24.3 Å². The number of fused-ring (bicyclic) bond motifs is 1. The third-order valence-corrected chi connectivity index (χ3v) is 5.85. The molecule has 1 aromatic carbocycles. The van der Waals surface area contributed by atoms with Crippen LogP contribution in [0.15, 0.2) is 59.7 Å². The lowest BCUT2D eigenvalue weighted by atomic mass is 10.1. The van der Waals surface area contributed by atoms with E-state index in [-0.39, 0.29) is 5.56 Å². The van der Waals surface area contributed by atoms with Crippen LogP contribution in [0.3, 0.4) is 0 Å². The predicted molar refractivity (Wildman–Crippen MR) is 132 cm³/mol. The maximum atomic E-state index is 13.1. The van der Waals surface area contributed by atoms with Crippen molar-refractivity contribution in [3.05, 3.63) is 65.2 Å². The van der Waals surface area contributed by atoms with Gasteiger partial charge in [0.1, 0.15) is 17.3 Å². The molecule has 4 aromatic rings. The number of hydrogen-bond donors (Lipinski definition) is 1. The van der Waals surface area contributed by atoms with E-state index < -0.39 is 6.09 Å². The molecule has 0 atom stereocenters. The first kappa shape index (κ1) is 22.3. The van der Waals surface area contributed by atoms with Gasteiger partial charge < -0.3 is 14.4 Å². The summed E-state index contributed by atoms with van der Waals surface area (Å²) in [5, 5.41) is 3.35. The number of anilines is 2. The molecule has 1 aliphatic rings. The maximum Gasteiger partial charge on any atom is 0.412 e. The molecule has 0 radical (unpaired) electrons. The lowest BCUT2D eigenvalue weighted by Gasteiger charge is -2.19. The molecule has 4 heterocycles. The standard InChI is InChI=1S/C25H24N6O4/c1-30-23(32)19(15-27-24(30)31-11-3-4-12-31)21-7-5-16-13-17(6-8-20(16)28-21)35-18-9-10-26-22(14-18)29-25(33)34-2/h5-10,13-15H,3-4,11-12H2,1-2H3,(H,26,29,33). The van der Waals surface area contributed by atoms with Gasteiger partial charge in [-0.05, 0) is 43.2 Å². The van der Waals surface area contributed by atoms with E-state index in [0.717, 1.165) is 36.8 Å². The summed E-state index contributed by atoms with van der Waals surface area (Å²) in [5.74, 6) is 2.10. The summed E-state index contributed by atoms with van der Waals surface area (Å²) >= 11 is 0. The van der Waals surface area contributed by atoms with Crippen LogP contribution in [0.4, 0.5) is 16.6 Å². The van der Waals surface area contributed by atoms with Crippen LogP contribution < -0.4 is 20.5 Å². The minimum Gasteiger partial charge on any atom is -0.457 e. The van der Waals surface area contributed by atoms with Crippen molar-refractivity contribution in [1.29, 1.82) is 0 Å². The fourth-order valence-corrected chi connectivity index (χ4v) is 4.07. The molecule has 178 valence electrons. The van der Waals surface area contributed by atoms with Gasteiger partial charge in [-0.15, -0.1) is 0 Å². The number of ether oxygens (including phenoxy) is 2. The Kier molecular flexibility index (Phi) is 6.01. The topological polar surface area (TPSA) is 111 Å². The molecular formula is C25H24N6O4. The number of aromatic nitrogens is 4. The number of amides is 1. The zero-order valence-corrected chi connectivity index (χ0v) is 19.4. The highest BCUT2D eigenvalue weighted by Crippen LogP contribution is 2.27. The molecule has 5 rings (SSSR count). The highest BCUT2D eigenvalue weighted by Gasteiger charge is 2.19. The van der Waals surface area contributed by atoms with Crippen LogP contribution in [-0.4, -0.2) is 45.8 Å². The summed E-state index contributed by atoms with van der Waals surface area (Å²) in [6.45, 7) is 1.84. The smallest absolute Gasteiger partial charge is 0.412 e. The first-order chi connectivity index (χ1) is 17.0. The van der Waals surface area contributed by atoms with Crippen molar-refractivity contribution in [2.24, 2.45) is 7.05 Å². The van der Waals surface area contributed by atoms with Crippen molar-refractivity contribution in [2.75, 3.05) is 30.4 Å². The molecule has 1 fully saturated rings. The molecule has 0 spiro atoms. The van der Waals surface area contributed by atoms with Gasteiger partial charge in [0.15, 0.2) is 0 Å². The number of carbonyl (C=O) groups is 1. The van der Waals surface area contributed by atoms with Crippen molar-refractivity contribution in [3.8, 4) is 22.8 Å². The van der Waals surface area contributed by atoms with Crippen LogP contribution in [0.25, 0.3) is 22.2 Å². The Morgan fingerprint density at radius 1 is 1.03 bits per heavy atom. The number of hydrogen-bond acceptors (Lipinski definition) is 8. The van der Waals surface area contributed by atoms with Crippen LogP contribution in [0.1, 0.15) is 12.8 Å². The third kappa shape index (κ3) is 4.63. The van der Waals surface area contributed by atoms with Gasteiger partial charge in [-0.2, -0.15) is 0 Å². The average molecular weight is 473 g/mol. The van der Waals surface area contributed by atoms with Gasteiger partial charge in [-0.25, -0.2) is 19.7 Å².